The van der Waals surface area contributed by atoms with Crippen molar-refractivity contribution in [2.24, 2.45) is 11.1 Å². The molecule has 0 spiro atoms. The van der Waals surface area contributed by atoms with Crippen LogP contribution in [0.3, 0.4) is 0 Å². The Labute approximate surface area is 121 Å². The van der Waals surface area contributed by atoms with Gasteiger partial charge in [0.25, 0.3) is 0 Å². The largest absolute Gasteiger partial charge is 0.369 e. The van der Waals surface area contributed by atoms with Crippen LogP contribution in [0.2, 0.25) is 0 Å². The van der Waals surface area contributed by atoms with Gasteiger partial charge in [0.05, 0.1) is 10.3 Å². The van der Waals surface area contributed by atoms with Crippen LogP contribution in [-0.4, -0.2) is 31.7 Å². The van der Waals surface area contributed by atoms with Gasteiger partial charge in [-0.3, -0.25) is 4.79 Å². The Balaban J connectivity index is 2.34. The lowest BCUT2D eigenvalue weighted by Crippen LogP contribution is -2.38. The summed E-state index contributed by atoms with van der Waals surface area (Å²) in [6.45, 7) is 2.14. The average Bonchev–Trinajstić information content (AvgIpc) is 2.74. The van der Waals surface area contributed by atoms with Gasteiger partial charge in [0.15, 0.2) is 0 Å². The highest BCUT2D eigenvalue weighted by atomic mass is 79.9. The van der Waals surface area contributed by atoms with Crippen molar-refractivity contribution < 1.29 is 13.2 Å². The molecule has 1 aromatic rings. The molecule has 1 fully saturated rings. The lowest BCUT2D eigenvalue weighted by Gasteiger charge is -2.21. The van der Waals surface area contributed by atoms with Gasteiger partial charge >= 0.3 is 0 Å². The zero-order valence-corrected chi connectivity index (χ0v) is 12.9. The summed E-state index contributed by atoms with van der Waals surface area (Å²) in [5, 5.41) is 0. The van der Waals surface area contributed by atoms with Crippen LogP contribution in [-0.2, 0) is 14.8 Å². The number of amides is 1. The third-order valence-corrected chi connectivity index (χ3v) is 6.34. The lowest BCUT2D eigenvalue weighted by molar-refractivity contribution is -0.126. The highest BCUT2D eigenvalue weighted by molar-refractivity contribution is 9.10. The van der Waals surface area contributed by atoms with Gasteiger partial charge in [-0.25, -0.2) is 8.42 Å². The second-order valence-corrected chi connectivity index (χ2v) is 7.70. The molecule has 1 heterocycles. The molecule has 1 aromatic carbocycles. The molecule has 1 atom stereocenters. The maximum absolute atomic E-state index is 12.5. The summed E-state index contributed by atoms with van der Waals surface area (Å²) in [4.78, 5) is 11.6. The van der Waals surface area contributed by atoms with Crippen molar-refractivity contribution in [3.8, 4) is 0 Å². The van der Waals surface area contributed by atoms with E-state index in [1.54, 1.807) is 31.2 Å². The summed E-state index contributed by atoms with van der Waals surface area (Å²) in [5.74, 6) is -0.461. The monoisotopic (exact) mass is 346 g/mol. The SMILES string of the molecule is CC1(C(N)=O)CCN(S(=O)(=O)c2ccccc2Br)C1. The summed E-state index contributed by atoms with van der Waals surface area (Å²) in [6, 6.07) is 6.64. The molecule has 2 N–H and O–H groups in total. The minimum absolute atomic E-state index is 0.131. The molecule has 1 amide bonds. The molecule has 7 heteroatoms. The number of rotatable bonds is 3. The molecular formula is C12H15BrN2O3S. The lowest BCUT2D eigenvalue weighted by atomic mass is 9.89. The summed E-state index contributed by atoms with van der Waals surface area (Å²) >= 11 is 3.24. The van der Waals surface area contributed by atoms with Gasteiger partial charge in [-0.05, 0) is 41.4 Å². The van der Waals surface area contributed by atoms with Crippen LogP contribution in [0, 0.1) is 5.41 Å². The summed E-state index contributed by atoms with van der Waals surface area (Å²) in [6.07, 6.45) is 0.450. The van der Waals surface area contributed by atoms with E-state index in [9.17, 15) is 13.2 Å². The van der Waals surface area contributed by atoms with Crippen molar-refractivity contribution in [1.29, 1.82) is 0 Å². The van der Waals surface area contributed by atoms with Crippen LogP contribution in [0.1, 0.15) is 13.3 Å². The molecule has 1 aliphatic rings. The van der Waals surface area contributed by atoms with Crippen LogP contribution >= 0.6 is 15.9 Å². The zero-order valence-electron chi connectivity index (χ0n) is 10.5. The Morgan fingerprint density at radius 2 is 2.05 bits per heavy atom. The molecule has 1 aliphatic heterocycles. The first-order valence-electron chi connectivity index (χ1n) is 5.82. The summed E-state index contributed by atoms with van der Waals surface area (Å²) in [5.41, 5.74) is 4.55. The molecule has 0 radical (unpaired) electrons. The van der Waals surface area contributed by atoms with Crippen molar-refractivity contribution in [2.75, 3.05) is 13.1 Å². The van der Waals surface area contributed by atoms with Gasteiger partial charge < -0.3 is 5.73 Å². The molecular weight excluding hydrogens is 332 g/mol. The number of halogens is 1. The summed E-state index contributed by atoms with van der Waals surface area (Å²) < 4.78 is 26.9. The van der Waals surface area contributed by atoms with Crippen LogP contribution in [0.15, 0.2) is 33.6 Å². The first-order chi connectivity index (χ1) is 8.77. The van der Waals surface area contributed by atoms with E-state index in [-0.39, 0.29) is 11.4 Å². The Kier molecular flexibility index (Phi) is 3.72. The predicted octanol–water partition coefficient (Wildman–Crippen LogP) is 1.34. The van der Waals surface area contributed by atoms with E-state index in [1.807, 2.05) is 0 Å². The predicted molar refractivity (Wildman–Crippen MR) is 74.8 cm³/mol. The maximum atomic E-state index is 12.5. The number of benzene rings is 1. The van der Waals surface area contributed by atoms with E-state index in [0.717, 1.165) is 0 Å². The van der Waals surface area contributed by atoms with Crippen LogP contribution < -0.4 is 5.73 Å². The Bertz CT molecular complexity index is 617. The van der Waals surface area contributed by atoms with Gasteiger partial charge in [0.1, 0.15) is 0 Å². The summed E-state index contributed by atoms with van der Waals surface area (Å²) in [7, 11) is -3.60. The fourth-order valence-electron chi connectivity index (χ4n) is 2.12. The normalized spacial score (nSPS) is 24.5. The number of hydrogen-bond acceptors (Lipinski definition) is 3. The minimum atomic E-state index is -3.60. The van der Waals surface area contributed by atoms with E-state index in [1.165, 1.54) is 4.31 Å². The number of sulfonamides is 1. The fourth-order valence-corrected chi connectivity index (χ4v) is 4.65. The number of hydrogen-bond donors (Lipinski definition) is 1. The Hall–Kier alpha value is -0.920. The molecule has 1 saturated heterocycles. The number of carbonyl (C=O) groups is 1. The third-order valence-electron chi connectivity index (χ3n) is 3.49. The number of nitrogens with zero attached hydrogens (tertiary/aromatic N) is 1. The van der Waals surface area contributed by atoms with Crippen molar-refractivity contribution in [3.05, 3.63) is 28.7 Å². The third kappa shape index (κ3) is 2.54. The second-order valence-electron chi connectivity index (χ2n) is 4.94. The number of primary amides is 1. The van der Waals surface area contributed by atoms with E-state index >= 15 is 0 Å². The average molecular weight is 347 g/mol. The number of carbonyl (C=O) groups excluding carboxylic acids is 1. The van der Waals surface area contributed by atoms with E-state index in [2.05, 4.69) is 15.9 Å². The first-order valence-corrected chi connectivity index (χ1v) is 8.05. The molecule has 0 aromatic heterocycles. The zero-order chi connectivity index (χ0) is 14.3. The Morgan fingerprint density at radius 1 is 1.42 bits per heavy atom. The van der Waals surface area contributed by atoms with Crippen LogP contribution in [0.4, 0.5) is 0 Å². The van der Waals surface area contributed by atoms with Crippen molar-refractivity contribution >= 4 is 31.9 Å². The molecule has 0 aliphatic carbocycles. The Morgan fingerprint density at radius 3 is 2.58 bits per heavy atom. The minimum Gasteiger partial charge on any atom is -0.369 e. The first kappa shape index (κ1) is 14.5. The van der Waals surface area contributed by atoms with Gasteiger partial charge in [0.2, 0.25) is 15.9 Å². The maximum Gasteiger partial charge on any atom is 0.244 e. The van der Waals surface area contributed by atoms with Crippen molar-refractivity contribution in [3.63, 3.8) is 0 Å². The van der Waals surface area contributed by atoms with Gasteiger partial charge in [0, 0.05) is 17.6 Å². The highest BCUT2D eigenvalue weighted by Crippen LogP contribution is 2.34. The smallest absolute Gasteiger partial charge is 0.244 e. The fraction of sp³-hybridized carbons (Fsp3) is 0.417. The topological polar surface area (TPSA) is 80.5 Å². The standard InChI is InChI=1S/C12H15BrN2O3S/c1-12(11(14)16)6-7-15(8-12)19(17,18)10-5-3-2-4-9(10)13/h2-5H,6-8H2,1H3,(H2,14,16). The molecule has 19 heavy (non-hydrogen) atoms. The van der Waals surface area contributed by atoms with E-state index in [0.29, 0.717) is 17.4 Å². The highest BCUT2D eigenvalue weighted by Gasteiger charge is 2.43. The van der Waals surface area contributed by atoms with Crippen molar-refractivity contribution in [2.45, 2.75) is 18.2 Å². The van der Waals surface area contributed by atoms with Crippen molar-refractivity contribution in [1.82, 2.24) is 4.31 Å². The molecule has 5 nitrogen and oxygen atoms in total. The molecule has 104 valence electrons. The van der Waals surface area contributed by atoms with E-state index < -0.39 is 21.3 Å². The van der Waals surface area contributed by atoms with Crippen LogP contribution in [0.25, 0.3) is 0 Å². The molecule has 0 saturated carbocycles. The number of nitrogens with two attached hydrogens (primary N) is 1. The second kappa shape index (κ2) is 4.88. The van der Waals surface area contributed by atoms with Gasteiger partial charge in [-0.2, -0.15) is 4.31 Å². The van der Waals surface area contributed by atoms with E-state index in [4.69, 9.17) is 5.73 Å². The van der Waals surface area contributed by atoms with Gasteiger partial charge in [-0.1, -0.05) is 12.1 Å². The molecule has 2 rings (SSSR count). The quantitative estimate of drug-likeness (QED) is 0.896. The molecule has 0 bridgehead atoms. The van der Waals surface area contributed by atoms with Gasteiger partial charge in [-0.15, -0.1) is 0 Å². The van der Waals surface area contributed by atoms with Crippen LogP contribution in [0.5, 0.6) is 0 Å². The molecule has 1 unspecified atom stereocenters.